The third-order valence-corrected chi connectivity index (χ3v) is 4.43. The molecule has 3 heterocycles. The maximum absolute atomic E-state index is 13.1. The highest BCUT2D eigenvalue weighted by Gasteiger charge is 2.30. The van der Waals surface area contributed by atoms with Crippen molar-refractivity contribution in [2.24, 2.45) is 10.7 Å². The normalized spacial score (nSPS) is 23.8. The van der Waals surface area contributed by atoms with Crippen molar-refractivity contribution in [3.05, 3.63) is 41.7 Å². The molecule has 0 bridgehead atoms. The molecule has 2 unspecified atom stereocenters. The Kier molecular flexibility index (Phi) is 4.58. The molecule has 0 amide bonds. The van der Waals surface area contributed by atoms with Gasteiger partial charge < -0.3 is 14.7 Å². The summed E-state index contributed by atoms with van der Waals surface area (Å²) in [6, 6.07) is 3.04. The van der Waals surface area contributed by atoms with Crippen LogP contribution in [0.3, 0.4) is 0 Å². The Bertz CT molecular complexity index is 591. The van der Waals surface area contributed by atoms with Crippen molar-refractivity contribution in [1.29, 1.82) is 0 Å². The number of nitrogens with zero attached hydrogens (tertiary/aromatic N) is 5. The SMILES string of the molecule is CC(c1ccc(F)cn1)N1C(N2CCN(C)CC2)=CC=NC1N. The molecule has 6 nitrogen and oxygen atoms in total. The predicted octanol–water partition coefficient (Wildman–Crippen LogP) is 0.999. The van der Waals surface area contributed by atoms with Crippen LogP contribution in [0.1, 0.15) is 18.7 Å². The van der Waals surface area contributed by atoms with E-state index in [2.05, 4.69) is 26.8 Å². The van der Waals surface area contributed by atoms with Gasteiger partial charge in [0.2, 0.25) is 0 Å². The van der Waals surface area contributed by atoms with E-state index in [4.69, 9.17) is 5.73 Å². The van der Waals surface area contributed by atoms with E-state index in [-0.39, 0.29) is 11.9 Å². The van der Waals surface area contributed by atoms with Gasteiger partial charge in [-0.3, -0.25) is 15.7 Å². The van der Waals surface area contributed by atoms with Crippen LogP contribution in [0, 0.1) is 5.82 Å². The van der Waals surface area contributed by atoms with Crippen LogP contribution in [-0.4, -0.2) is 65.4 Å². The fraction of sp³-hybridized carbons (Fsp3) is 0.500. The molecule has 1 saturated heterocycles. The van der Waals surface area contributed by atoms with E-state index in [1.165, 1.54) is 12.3 Å². The molecule has 2 aliphatic heterocycles. The summed E-state index contributed by atoms with van der Waals surface area (Å²) in [5.41, 5.74) is 7.00. The summed E-state index contributed by atoms with van der Waals surface area (Å²) in [6.45, 7) is 5.94. The molecule has 7 heteroatoms. The first kappa shape index (κ1) is 15.9. The monoisotopic (exact) mass is 318 g/mol. The number of pyridine rings is 1. The van der Waals surface area contributed by atoms with Crippen molar-refractivity contribution in [2.75, 3.05) is 33.2 Å². The topological polar surface area (TPSA) is 61.0 Å². The summed E-state index contributed by atoms with van der Waals surface area (Å²) >= 11 is 0. The average Bonchev–Trinajstić information content (AvgIpc) is 2.55. The maximum atomic E-state index is 13.1. The van der Waals surface area contributed by atoms with Gasteiger partial charge in [0.05, 0.1) is 17.9 Å². The lowest BCUT2D eigenvalue weighted by atomic mass is 10.1. The van der Waals surface area contributed by atoms with Crippen molar-refractivity contribution < 1.29 is 4.39 Å². The fourth-order valence-corrected chi connectivity index (χ4v) is 3.00. The number of hydrogen-bond acceptors (Lipinski definition) is 6. The number of rotatable bonds is 3. The minimum atomic E-state index is -0.462. The van der Waals surface area contributed by atoms with Crippen molar-refractivity contribution in [1.82, 2.24) is 19.7 Å². The zero-order chi connectivity index (χ0) is 16.4. The van der Waals surface area contributed by atoms with Gasteiger partial charge in [0.25, 0.3) is 0 Å². The second-order valence-electron chi connectivity index (χ2n) is 6.01. The van der Waals surface area contributed by atoms with E-state index >= 15 is 0 Å². The van der Waals surface area contributed by atoms with Gasteiger partial charge in [0, 0.05) is 32.4 Å². The van der Waals surface area contributed by atoms with Crippen LogP contribution in [0.25, 0.3) is 0 Å². The molecular weight excluding hydrogens is 295 g/mol. The van der Waals surface area contributed by atoms with Gasteiger partial charge in [-0.15, -0.1) is 0 Å². The Labute approximate surface area is 136 Å². The first-order chi connectivity index (χ1) is 11.1. The number of halogens is 1. The molecule has 0 spiro atoms. The minimum Gasteiger partial charge on any atom is -0.356 e. The van der Waals surface area contributed by atoms with Gasteiger partial charge in [-0.05, 0) is 32.2 Å². The lowest BCUT2D eigenvalue weighted by Crippen LogP contribution is -2.52. The largest absolute Gasteiger partial charge is 0.356 e. The molecule has 0 saturated carbocycles. The van der Waals surface area contributed by atoms with E-state index < -0.39 is 6.29 Å². The van der Waals surface area contributed by atoms with Crippen LogP contribution in [0.15, 0.2) is 35.2 Å². The molecular formula is C16H23FN6. The van der Waals surface area contributed by atoms with Crippen molar-refractivity contribution >= 4 is 6.21 Å². The summed E-state index contributed by atoms with van der Waals surface area (Å²) in [7, 11) is 2.13. The highest BCUT2D eigenvalue weighted by Crippen LogP contribution is 2.28. The zero-order valence-corrected chi connectivity index (χ0v) is 13.6. The molecule has 1 aromatic heterocycles. The first-order valence-electron chi connectivity index (χ1n) is 7.88. The highest BCUT2D eigenvalue weighted by atomic mass is 19.1. The first-order valence-corrected chi connectivity index (χ1v) is 7.88. The quantitative estimate of drug-likeness (QED) is 0.901. The van der Waals surface area contributed by atoms with E-state index in [9.17, 15) is 4.39 Å². The summed E-state index contributed by atoms with van der Waals surface area (Å²) in [5.74, 6) is 0.718. The van der Waals surface area contributed by atoms with Crippen LogP contribution >= 0.6 is 0 Å². The Hall–Kier alpha value is -1.99. The third kappa shape index (κ3) is 3.35. The number of aliphatic imine (C=N–C) groups is 1. The Morgan fingerprint density at radius 1 is 1.26 bits per heavy atom. The number of hydrogen-bond donors (Lipinski definition) is 1. The second-order valence-corrected chi connectivity index (χ2v) is 6.01. The van der Waals surface area contributed by atoms with Crippen LogP contribution < -0.4 is 5.73 Å². The minimum absolute atomic E-state index is 0.0889. The zero-order valence-electron chi connectivity index (χ0n) is 13.6. The maximum Gasteiger partial charge on any atom is 0.175 e. The van der Waals surface area contributed by atoms with Crippen molar-refractivity contribution in [3.8, 4) is 0 Å². The number of likely N-dealkylation sites (N-methyl/N-ethyl adjacent to an activating group) is 1. The summed E-state index contributed by atoms with van der Waals surface area (Å²) in [4.78, 5) is 15.2. The van der Waals surface area contributed by atoms with Gasteiger partial charge in [-0.2, -0.15) is 0 Å². The van der Waals surface area contributed by atoms with E-state index in [0.717, 1.165) is 37.7 Å². The standard InChI is InChI=1S/C16H23FN6/c1-12(14-4-3-13(17)11-20-14)23-15(5-6-19-16(23)18)22-9-7-21(2)8-10-22/h3-6,11-12,16H,7-10,18H2,1-2H3. The molecule has 1 fully saturated rings. The van der Waals surface area contributed by atoms with E-state index in [1.54, 1.807) is 12.3 Å². The molecule has 1 aromatic rings. The van der Waals surface area contributed by atoms with Crippen molar-refractivity contribution in [2.45, 2.75) is 19.3 Å². The molecule has 2 N–H and O–H groups in total. The van der Waals surface area contributed by atoms with Crippen LogP contribution in [0.4, 0.5) is 4.39 Å². The Morgan fingerprint density at radius 3 is 2.65 bits per heavy atom. The summed E-state index contributed by atoms with van der Waals surface area (Å²) < 4.78 is 13.1. The lowest BCUT2D eigenvalue weighted by molar-refractivity contribution is 0.0939. The predicted molar refractivity (Wildman–Crippen MR) is 88.1 cm³/mol. The number of piperazine rings is 1. The molecule has 0 aliphatic carbocycles. The molecule has 23 heavy (non-hydrogen) atoms. The van der Waals surface area contributed by atoms with Crippen molar-refractivity contribution in [3.63, 3.8) is 0 Å². The summed E-state index contributed by atoms with van der Waals surface area (Å²) in [5, 5.41) is 0. The van der Waals surface area contributed by atoms with Crippen LogP contribution in [-0.2, 0) is 0 Å². The van der Waals surface area contributed by atoms with Gasteiger partial charge in [-0.1, -0.05) is 0 Å². The lowest BCUT2D eigenvalue weighted by Gasteiger charge is -2.44. The Balaban J connectivity index is 1.83. The highest BCUT2D eigenvalue weighted by molar-refractivity contribution is 5.73. The fourth-order valence-electron chi connectivity index (χ4n) is 3.00. The van der Waals surface area contributed by atoms with Crippen LogP contribution in [0.5, 0.6) is 0 Å². The molecule has 3 rings (SSSR count). The van der Waals surface area contributed by atoms with Gasteiger partial charge >= 0.3 is 0 Å². The number of allylic oxidation sites excluding steroid dienone is 1. The summed E-state index contributed by atoms with van der Waals surface area (Å²) in [6.07, 6.45) is 4.54. The van der Waals surface area contributed by atoms with Gasteiger partial charge in [-0.25, -0.2) is 4.39 Å². The van der Waals surface area contributed by atoms with Gasteiger partial charge in [0.15, 0.2) is 6.29 Å². The van der Waals surface area contributed by atoms with E-state index in [1.807, 2.05) is 17.9 Å². The number of aromatic nitrogens is 1. The molecule has 2 aliphatic rings. The third-order valence-electron chi connectivity index (χ3n) is 4.43. The van der Waals surface area contributed by atoms with E-state index in [0.29, 0.717) is 0 Å². The molecule has 0 aromatic carbocycles. The van der Waals surface area contributed by atoms with Gasteiger partial charge in [0.1, 0.15) is 11.6 Å². The van der Waals surface area contributed by atoms with Crippen LogP contribution in [0.2, 0.25) is 0 Å². The molecule has 0 radical (unpaired) electrons. The molecule has 124 valence electrons. The molecule has 2 atom stereocenters. The smallest absolute Gasteiger partial charge is 0.175 e. The number of nitrogens with two attached hydrogens (primary N) is 1. The average molecular weight is 318 g/mol. The Morgan fingerprint density at radius 2 is 2.00 bits per heavy atom. The second kappa shape index (κ2) is 6.64.